The van der Waals surface area contributed by atoms with Gasteiger partial charge in [-0.3, -0.25) is 23.9 Å². The highest BCUT2D eigenvalue weighted by Gasteiger charge is 2.21. The summed E-state index contributed by atoms with van der Waals surface area (Å²) < 4.78 is 1.36. The van der Waals surface area contributed by atoms with E-state index >= 15 is 0 Å². The van der Waals surface area contributed by atoms with Crippen LogP contribution in [0.25, 0.3) is 11.0 Å². The maximum absolute atomic E-state index is 13.4. The molecular weight excluding hydrogens is 404 g/mol. The first kappa shape index (κ1) is 21.0. The molecular formula is C25H22N4O3. The van der Waals surface area contributed by atoms with E-state index in [1.54, 1.807) is 36.4 Å². The van der Waals surface area contributed by atoms with E-state index in [4.69, 9.17) is 0 Å². The molecule has 0 saturated carbocycles. The molecule has 4 rings (SSSR count). The number of aromatic nitrogens is 2. The topological polar surface area (TPSA) is 84.3 Å². The predicted octanol–water partition coefficient (Wildman–Crippen LogP) is 3.59. The molecule has 0 spiro atoms. The van der Waals surface area contributed by atoms with Crippen molar-refractivity contribution in [2.45, 2.75) is 20.0 Å². The van der Waals surface area contributed by atoms with Crippen LogP contribution < -0.4 is 15.8 Å². The number of hydrogen-bond donors (Lipinski definition) is 1. The molecule has 0 aliphatic heterocycles. The van der Waals surface area contributed by atoms with E-state index in [2.05, 4.69) is 10.3 Å². The summed E-state index contributed by atoms with van der Waals surface area (Å²) in [5.41, 5.74) is 2.05. The summed E-state index contributed by atoms with van der Waals surface area (Å²) in [5.74, 6) is -0.667. The number of nitrogens with one attached hydrogen (secondary N) is 1. The predicted molar refractivity (Wildman–Crippen MR) is 124 cm³/mol. The van der Waals surface area contributed by atoms with Crippen LogP contribution in [0.3, 0.4) is 0 Å². The fourth-order valence-electron chi connectivity index (χ4n) is 3.48. The first-order chi connectivity index (χ1) is 15.5. The summed E-state index contributed by atoms with van der Waals surface area (Å²) in [6, 6.07) is 25.5. The highest BCUT2D eigenvalue weighted by Crippen LogP contribution is 2.17. The average Bonchev–Trinajstić information content (AvgIpc) is 2.80. The molecule has 0 fully saturated rings. The van der Waals surface area contributed by atoms with Gasteiger partial charge in [0.1, 0.15) is 6.54 Å². The Morgan fingerprint density at radius 3 is 2.22 bits per heavy atom. The van der Waals surface area contributed by atoms with Gasteiger partial charge in [-0.15, -0.1) is 0 Å². The summed E-state index contributed by atoms with van der Waals surface area (Å²) in [6.45, 7) is 1.39. The molecule has 1 N–H and O–H groups in total. The van der Waals surface area contributed by atoms with Gasteiger partial charge < -0.3 is 5.32 Å². The first-order valence-electron chi connectivity index (χ1n) is 10.2. The summed E-state index contributed by atoms with van der Waals surface area (Å²) in [7, 11) is 0. The van der Waals surface area contributed by atoms with Crippen LogP contribution in [0.1, 0.15) is 12.5 Å². The second kappa shape index (κ2) is 9.26. The van der Waals surface area contributed by atoms with Crippen LogP contribution in [-0.4, -0.2) is 21.4 Å². The Bertz CT molecular complexity index is 1320. The lowest BCUT2D eigenvalue weighted by atomic mass is 10.2. The third-order valence-corrected chi connectivity index (χ3v) is 5.01. The molecule has 0 atom stereocenters. The van der Waals surface area contributed by atoms with Gasteiger partial charge in [-0.1, -0.05) is 60.7 Å². The number of carbonyl (C=O) groups excluding carboxylic acids is 2. The van der Waals surface area contributed by atoms with Crippen molar-refractivity contribution in [3.63, 3.8) is 0 Å². The number of hydrogen-bond acceptors (Lipinski definition) is 4. The van der Waals surface area contributed by atoms with E-state index in [1.165, 1.54) is 16.4 Å². The molecule has 3 aromatic carbocycles. The van der Waals surface area contributed by atoms with Gasteiger partial charge in [-0.25, -0.2) is 4.98 Å². The van der Waals surface area contributed by atoms with Crippen molar-refractivity contribution >= 4 is 34.4 Å². The van der Waals surface area contributed by atoms with Crippen LogP contribution in [0.4, 0.5) is 11.5 Å². The van der Waals surface area contributed by atoms with Gasteiger partial charge >= 0.3 is 0 Å². The zero-order chi connectivity index (χ0) is 22.5. The van der Waals surface area contributed by atoms with Crippen molar-refractivity contribution in [2.75, 3.05) is 10.2 Å². The molecule has 2 amide bonds. The second-order valence-corrected chi connectivity index (χ2v) is 7.32. The van der Waals surface area contributed by atoms with E-state index in [1.807, 2.05) is 48.5 Å². The summed E-state index contributed by atoms with van der Waals surface area (Å²) in [6.07, 6.45) is 0. The summed E-state index contributed by atoms with van der Waals surface area (Å²) >= 11 is 0. The number of nitrogens with zero attached hydrogens (tertiary/aromatic N) is 3. The van der Waals surface area contributed by atoms with Crippen molar-refractivity contribution in [2.24, 2.45) is 0 Å². The number of anilines is 2. The minimum atomic E-state index is -0.502. The molecule has 7 heteroatoms. The zero-order valence-corrected chi connectivity index (χ0v) is 17.6. The van der Waals surface area contributed by atoms with E-state index in [0.717, 1.165) is 5.56 Å². The van der Waals surface area contributed by atoms with Crippen LogP contribution in [0.15, 0.2) is 89.7 Å². The lowest BCUT2D eigenvalue weighted by molar-refractivity contribution is -0.117. The smallest absolute Gasteiger partial charge is 0.294 e. The van der Waals surface area contributed by atoms with Crippen LogP contribution in [-0.2, 0) is 22.7 Å². The maximum atomic E-state index is 13.4. The lowest BCUT2D eigenvalue weighted by Crippen LogP contribution is -2.37. The Hall–Kier alpha value is -4.26. The largest absolute Gasteiger partial charge is 0.325 e. The van der Waals surface area contributed by atoms with E-state index < -0.39 is 5.56 Å². The highest BCUT2D eigenvalue weighted by molar-refractivity contribution is 5.93. The minimum absolute atomic E-state index is 0.00689. The first-order valence-corrected chi connectivity index (χ1v) is 10.2. The molecule has 4 aromatic rings. The zero-order valence-electron chi connectivity index (χ0n) is 17.6. The third kappa shape index (κ3) is 4.57. The van der Waals surface area contributed by atoms with Gasteiger partial charge in [0.2, 0.25) is 17.6 Å². The average molecular weight is 426 g/mol. The molecule has 0 bridgehead atoms. The van der Waals surface area contributed by atoms with Gasteiger partial charge in [0.15, 0.2) is 0 Å². The van der Waals surface area contributed by atoms with Crippen molar-refractivity contribution in [3.05, 3.63) is 101 Å². The number of amides is 2. The van der Waals surface area contributed by atoms with Crippen molar-refractivity contribution in [3.8, 4) is 0 Å². The molecule has 160 valence electrons. The number of rotatable bonds is 6. The van der Waals surface area contributed by atoms with E-state index in [9.17, 15) is 14.4 Å². The Labute approximate surface area is 184 Å². The second-order valence-electron chi connectivity index (χ2n) is 7.32. The van der Waals surface area contributed by atoms with Crippen LogP contribution in [0, 0.1) is 0 Å². The molecule has 0 aliphatic carbocycles. The number of benzene rings is 3. The molecule has 7 nitrogen and oxygen atoms in total. The molecule has 0 saturated heterocycles. The van der Waals surface area contributed by atoms with Crippen LogP contribution in [0.2, 0.25) is 0 Å². The Kier molecular flexibility index (Phi) is 6.07. The monoisotopic (exact) mass is 426 g/mol. The van der Waals surface area contributed by atoms with Gasteiger partial charge in [-0.05, 0) is 29.8 Å². The third-order valence-electron chi connectivity index (χ3n) is 5.01. The fourth-order valence-corrected chi connectivity index (χ4v) is 3.48. The van der Waals surface area contributed by atoms with Gasteiger partial charge in [0.05, 0.1) is 17.6 Å². The van der Waals surface area contributed by atoms with Crippen LogP contribution in [0.5, 0.6) is 0 Å². The van der Waals surface area contributed by atoms with Crippen LogP contribution >= 0.6 is 0 Å². The highest BCUT2D eigenvalue weighted by atomic mass is 16.2. The van der Waals surface area contributed by atoms with Crippen molar-refractivity contribution in [1.29, 1.82) is 0 Å². The van der Waals surface area contributed by atoms with Crippen molar-refractivity contribution < 1.29 is 9.59 Å². The normalized spacial score (nSPS) is 10.7. The molecule has 0 aliphatic rings. The Balaban J connectivity index is 1.75. The Morgan fingerprint density at radius 2 is 1.53 bits per heavy atom. The lowest BCUT2D eigenvalue weighted by Gasteiger charge is -2.21. The molecule has 0 unspecified atom stereocenters. The van der Waals surface area contributed by atoms with E-state index in [0.29, 0.717) is 16.7 Å². The quantitative estimate of drug-likeness (QED) is 0.511. The van der Waals surface area contributed by atoms with E-state index in [-0.39, 0.29) is 30.7 Å². The number of para-hydroxylation sites is 3. The summed E-state index contributed by atoms with van der Waals surface area (Å²) in [5, 5.41) is 2.79. The Morgan fingerprint density at radius 1 is 0.906 bits per heavy atom. The standard InChI is InChI=1S/C25H22N4O3/c1-18(30)28(16-19-10-4-2-5-11-19)24-25(32)29(22-15-9-8-14-21(22)27-24)17-23(31)26-20-12-6-3-7-13-20/h2-15H,16-17H2,1H3,(H,26,31). The molecule has 1 heterocycles. The van der Waals surface area contributed by atoms with Gasteiger partial charge in [0.25, 0.3) is 5.56 Å². The molecule has 1 aromatic heterocycles. The minimum Gasteiger partial charge on any atom is -0.325 e. The number of carbonyl (C=O) groups is 2. The number of fused-ring (bicyclic) bond motifs is 1. The van der Waals surface area contributed by atoms with Gasteiger partial charge in [0, 0.05) is 12.6 Å². The van der Waals surface area contributed by atoms with Gasteiger partial charge in [-0.2, -0.15) is 0 Å². The maximum Gasteiger partial charge on any atom is 0.294 e. The van der Waals surface area contributed by atoms with Crippen molar-refractivity contribution in [1.82, 2.24) is 9.55 Å². The molecule has 0 radical (unpaired) electrons. The molecule has 32 heavy (non-hydrogen) atoms. The summed E-state index contributed by atoms with van der Waals surface area (Å²) in [4.78, 5) is 44.4. The SMILES string of the molecule is CC(=O)N(Cc1ccccc1)c1nc2ccccc2n(CC(=O)Nc2ccccc2)c1=O. The fraction of sp³-hybridized carbons (Fsp3) is 0.120.